The van der Waals surface area contributed by atoms with Crippen molar-refractivity contribution in [3.8, 4) is 11.5 Å². The van der Waals surface area contributed by atoms with E-state index in [1.807, 2.05) is 41.5 Å². The standard InChI is InChI=1S/C48H79N2O11P/c1-9-11-13-15-17-19-21-23-25-39-35-60-45-41(49(51)52)31-37(47(3,4)5)33-43(45)62(55,56)44-34-38(48(6,7)8)32-42(50(53)54)46(44)61-36-40(59-30-28-57-27-29-58-39)26-24-22-20-18-16-14-12-10-2/h31-34,39-40H,9-30,35-36H2,1-8H3,(H,55,56)/t39-,40-/m1/s1. The minimum absolute atomic E-state index is 0.131. The van der Waals surface area contributed by atoms with Crippen LogP contribution in [0.3, 0.4) is 0 Å². The van der Waals surface area contributed by atoms with Crippen LogP contribution >= 0.6 is 7.37 Å². The molecule has 0 amide bonds. The van der Waals surface area contributed by atoms with Crippen LogP contribution in [0.1, 0.15) is 182 Å². The van der Waals surface area contributed by atoms with Crippen molar-refractivity contribution in [3.63, 3.8) is 0 Å². The zero-order valence-corrected chi connectivity index (χ0v) is 40.2. The molecule has 0 fully saturated rings. The van der Waals surface area contributed by atoms with Crippen molar-refractivity contribution in [1.29, 1.82) is 0 Å². The Hall–Kier alpha value is -3.09. The molecule has 0 aromatic heterocycles. The quantitative estimate of drug-likeness (QED) is 0.0581. The highest BCUT2D eigenvalue weighted by molar-refractivity contribution is 7.74. The molecule has 2 aromatic carbocycles. The van der Waals surface area contributed by atoms with Crippen LogP contribution in [0, 0.1) is 20.2 Å². The van der Waals surface area contributed by atoms with Crippen molar-refractivity contribution in [1.82, 2.24) is 0 Å². The number of fused-ring (bicyclic) bond motifs is 2. The van der Waals surface area contributed by atoms with Crippen molar-refractivity contribution in [2.75, 3.05) is 39.6 Å². The fourth-order valence-electron chi connectivity index (χ4n) is 7.65. The summed E-state index contributed by atoms with van der Waals surface area (Å²) in [4.78, 5) is 37.2. The normalized spacial score (nSPS) is 18.1. The van der Waals surface area contributed by atoms with E-state index in [0.29, 0.717) is 24.0 Å². The fourth-order valence-corrected chi connectivity index (χ4v) is 9.45. The predicted octanol–water partition coefficient (Wildman–Crippen LogP) is 11.9. The van der Waals surface area contributed by atoms with Gasteiger partial charge in [0.05, 0.1) is 59.1 Å². The number of benzene rings is 2. The summed E-state index contributed by atoms with van der Waals surface area (Å²) in [5, 5.41) is 25.1. The Balaban J connectivity index is 2.16. The van der Waals surface area contributed by atoms with Gasteiger partial charge in [0.15, 0.2) is 0 Å². The van der Waals surface area contributed by atoms with Crippen molar-refractivity contribution in [2.24, 2.45) is 0 Å². The Morgan fingerprint density at radius 3 is 1.24 bits per heavy atom. The number of nitro groups is 2. The monoisotopic (exact) mass is 891 g/mol. The molecule has 0 aliphatic carbocycles. The van der Waals surface area contributed by atoms with Gasteiger partial charge in [0.25, 0.3) is 7.37 Å². The van der Waals surface area contributed by atoms with Gasteiger partial charge in [-0.25, -0.2) is 0 Å². The van der Waals surface area contributed by atoms with E-state index < -0.39 is 51.6 Å². The van der Waals surface area contributed by atoms with E-state index in [1.54, 1.807) is 0 Å². The van der Waals surface area contributed by atoms with Gasteiger partial charge in [-0.05, 0) is 46.9 Å². The van der Waals surface area contributed by atoms with E-state index in [-0.39, 0.29) is 61.7 Å². The molecule has 1 N–H and O–H groups in total. The van der Waals surface area contributed by atoms with E-state index in [9.17, 15) is 25.1 Å². The van der Waals surface area contributed by atoms with Crippen LogP contribution < -0.4 is 20.1 Å². The lowest BCUT2D eigenvalue weighted by atomic mass is 9.86. The number of nitro benzene ring substituents is 2. The van der Waals surface area contributed by atoms with Crippen molar-refractivity contribution in [2.45, 2.75) is 194 Å². The van der Waals surface area contributed by atoms with Crippen LogP contribution in [-0.2, 0) is 29.6 Å². The summed E-state index contributed by atoms with van der Waals surface area (Å²) in [6.07, 6.45) is 18.1. The van der Waals surface area contributed by atoms with Crippen molar-refractivity contribution in [3.05, 3.63) is 55.6 Å². The van der Waals surface area contributed by atoms with Gasteiger partial charge in [0.2, 0.25) is 11.5 Å². The molecule has 2 atom stereocenters. The Morgan fingerprint density at radius 2 is 0.919 bits per heavy atom. The predicted molar refractivity (Wildman–Crippen MR) is 248 cm³/mol. The zero-order chi connectivity index (χ0) is 45.8. The van der Waals surface area contributed by atoms with Gasteiger partial charge in [-0.1, -0.05) is 158 Å². The molecule has 14 heteroatoms. The molecule has 3 rings (SSSR count). The molecular formula is C48H79N2O11P. The SMILES string of the molecule is CCCCCCCCCC[C@@H]1COc2c([N+](=O)[O-])cc(C(C)(C)C)cc2P(=O)(O)c2cc(C(C)(C)C)cc([N+](=O)[O-])c2OC[C@@H](CCCCCCCCCC)OCCOCCO1. The summed E-state index contributed by atoms with van der Waals surface area (Å²) >= 11 is 0. The first kappa shape index (κ1) is 53.2. The molecule has 1 heterocycles. The molecule has 62 heavy (non-hydrogen) atoms. The number of hydrogen-bond donors (Lipinski definition) is 1. The molecule has 0 radical (unpaired) electrons. The average Bonchev–Trinajstić information content (AvgIpc) is 3.20. The molecule has 1 aliphatic heterocycles. The smallest absolute Gasteiger partial charge is 0.312 e. The third-order valence-corrected chi connectivity index (χ3v) is 13.6. The van der Waals surface area contributed by atoms with Gasteiger partial charge in [-0.3, -0.25) is 24.8 Å². The molecule has 2 aromatic rings. The maximum absolute atomic E-state index is 15.5. The number of ether oxygens (including phenoxy) is 5. The van der Waals surface area contributed by atoms with Crippen LogP contribution in [0.2, 0.25) is 0 Å². The topological polar surface area (TPSA) is 170 Å². The number of hydrogen-bond acceptors (Lipinski definition) is 10. The maximum atomic E-state index is 15.5. The third-order valence-electron chi connectivity index (χ3n) is 11.6. The molecular weight excluding hydrogens is 812 g/mol. The van der Waals surface area contributed by atoms with Crippen LogP contribution in [0.4, 0.5) is 11.4 Å². The Labute approximate surface area is 372 Å². The number of unbranched alkanes of at least 4 members (excludes halogenated alkanes) is 14. The number of rotatable bonds is 20. The first-order chi connectivity index (χ1) is 29.4. The van der Waals surface area contributed by atoms with E-state index in [4.69, 9.17) is 23.7 Å². The lowest BCUT2D eigenvalue weighted by Crippen LogP contribution is -2.30. The summed E-state index contributed by atoms with van der Waals surface area (Å²) in [6, 6.07) is 5.70. The third kappa shape index (κ3) is 17.5. The second-order valence-electron chi connectivity index (χ2n) is 19.0. The summed E-state index contributed by atoms with van der Waals surface area (Å²) in [5.41, 5.74) is -1.48. The van der Waals surface area contributed by atoms with E-state index in [0.717, 1.165) is 51.4 Å². The van der Waals surface area contributed by atoms with Gasteiger partial charge in [-0.15, -0.1) is 0 Å². The van der Waals surface area contributed by atoms with Gasteiger partial charge in [-0.2, -0.15) is 0 Å². The Bertz CT molecular complexity index is 1600. The lowest BCUT2D eigenvalue weighted by Gasteiger charge is -2.27. The minimum Gasteiger partial charge on any atom is -0.483 e. The van der Waals surface area contributed by atoms with Crippen LogP contribution in [0.5, 0.6) is 11.5 Å². The Kier molecular flexibility index (Phi) is 22.9. The molecule has 0 saturated heterocycles. The highest BCUT2D eigenvalue weighted by Crippen LogP contribution is 2.50. The highest BCUT2D eigenvalue weighted by Gasteiger charge is 2.41. The average molecular weight is 891 g/mol. The van der Waals surface area contributed by atoms with Gasteiger partial charge in [0.1, 0.15) is 13.2 Å². The summed E-state index contributed by atoms with van der Waals surface area (Å²) in [7, 11) is -4.99. The molecule has 0 saturated carbocycles. The van der Waals surface area contributed by atoms with Crippen LogP contribution in [0.25, 0.3) is 0 Å². The molecule has 1 aliphatic rings. The molecule has 0 spiro atoms. The second-order valence-corrected chi connectivity index (χ2v) is 21.1. The van der Waals surface area contributed by atoms with Crippen molar-refractivity contribution < 1.29 is 43.0 Å². The fraction of sp³-hybridized carbons (Fsp3) is 0.750. The summed E-state index contributed by atoms with van der Waals surface area (Å²) in [5.74, 6) is -0.747. The maximum Gasteiger partial charge on any atom is 0.312 e. The molecule has 13 nitrogen and oxygen atoms in total. The van der Waals surface area contributed by atoms with Gasteiger partial charge < -0.3 is 28.6 Å². The molecule has 0 unspecified atom stereocenters. The van der Waals surface area contributed by atoms with Crippen LogP contribution in [0.15, 0.2) is 24.3 Å². The van der Waals surface area contributed by atoms with Gasteiger partial charge in [0, 0.05) is 12.1 Å². The van der Waals surface area contributed by atoms with E-state index >= 15 is 4.57 Å². The van der Waals surface area contributed by atoms with Gasteiger partial charge >= 0.3 is 11.4 Å². The Morgan fingerprint density at radius 1 is 0.581 bits per heavy atom. The first-order valence-corrected chi connectivity index (χ1v) is 25.1. The summed E-state index contributed by atoms with van der Waals surface area (Å²) in [6.45, 7) is 16.3. The lowest BCUT2D eigenvalue weighted by molar-refractivity contribution is -0.386. The first-order valence-electron chi connectivity index (χ1n) is 23.5. The molecule has 0 bridgehead atoms. The highest BCUT2D eigenvalue weighted by atomic mass is 31.2. The molecule has 352 valence electrons. The second kappa shape index (κ2) is 26.6. The minimum atomic E-state index is -4.99. The largest absolute Gasteiger partial charge is 0.483 e. The van der Waals surface area contributed by atoms with E-state index in [1.165, 1.54) is 75.6 Å². The van der Waals surface area contributed by atoms with Crippen molar-refractivity contribution >= 4 is 29.4 Å². The van der Waals surface area contributed by atoms with E-state index in [2.05, 4.69) is 13.8 Å². The summed E-state index contributed by atoms with van der Waals surface area (Å²) < 4.78 is 46.6. The number of nitrogens with zero attached hydrogens (tertiary/aromatic N) is 2. The van der Waals surface area contributed by atoms with Crippen LogP contribution in [-0.4, -0.2) is 66.6 Å². The zero-order valence-electron chi connectivity index (χ0n) is 39.3.